The molecule has 0 radical (unpaired) electrons. The van der Waals surface area contributed by atoms with E-state index in [0.29, 0.717) is 11.7 Å². The van der Waals surface area contributed by atoms with Crippen molar-refractivity contribution in [3.05, 3.63) is 11.1 Å². The Labute approximate surface area is 99.0 Å². The Hall–Kier alpha value is -1.01. The van der Waals surface area contributed by atoms with Gasteiger partial charge in [-0.2, -0.15) is 0 Å². The number of likely N-dealkylation sites (N-methyl/N-ethyl adjacent to an activating group) is 1. The Morgan fingerprint density at radius 1 is 1.69 bits per heavy atom. The molecule has 1 aliphatic heterocycles. The molecule has 1 aromatic heterocycles. The fourth-order valence-corrected chi connectivity index (χ4v) is 2.55. The van der Waals surface area contributed by atoms with Crippen LogP contribution in [0.25, 0.3) is 0 Å². The first-order valence-corrected chi connectivity index (χ1v) is 6.39. The highest BCUT2D eigenvalue weighted by Crippen LogP contribution is 2.18. The summed E-state index contributed by atoms with van der Waals surface area (Å²) in [5, 5.41) is 8.70. The molecule has 1 saturated heterocycles. The molecule has 1 unspecified atom stereocenters. The van der Waals surface area contributed by atoms with Crippen LogP contribution in [-0.4, -0.2) is 46.6 Å². The van der Waals surface area contributed by atoms with Crippen molar-refractivity contribution in [2.45, 2.75) is 25.3 Å². The molecule has 1 fully saturated rings. The third-order valence-electron chi connectivity index (χ3n) is 2.91. The second-order valence-corrected chi connectivity index (χ2v) is 4.61. The van der Waals surface area contributed by atoms with E-state index in [9.17, 15) is 4.79 Å². The van der Waals surface area contributed by atoms with E-state index >= 15 is 0 Å². The Balaban J connectivity index is 2.08. The Kier molecular flexibility index (Phi) is 3.84. The van der Waals surface area contributed by atoms with E-state index in [1.165, 1.54) is 18.0 Å². The molecule has 1 atom stereocenters. The lowest BCUT2D eigenvalue weighted by atomic mass is 10.0. The molecule has 1 aliphatic rings. The van der Waals surface area contributed by atoms with Crippen molar-refractivity contribution < 1.29 is 4.79 Å². The second kappa shape index (κ2) is 5.36. The van der Waals surface area contributed by atoms with Gasteiger partial charge in [0, 0.05) is 24.5 Å². The zero-order valence-electron chi connectivity index (χ0n) is 9.35. The molecule has 88 valence electrons. The summed E-state index contributed by atoms with van der Waals surface area (Å²) in [5.41, 5.74) is 0.480. The molecule has 1 N–H and O–H groups in total. The smallest absolute Gasteiger partial charge is 0.275 e. The number of aromatic nitrogens is 2. The van der Waals surface area contributed by atoms with Crippen LogP contribution < -0.4 is 5.32 Å². The van der Waals surface area contributed by atoms with E-state index in [1.807, 2.05) is 11.9 Å². The molecule has 0 aromatic carbocycles. The van der Waals surface area contributed by atoms with Crippen molar-refractivity contribution in [1.82, 2.24) is 19.8 Å². The normalized spacial score (nSPS) is 21.1. The maximum atomic E-state index is 12.1. The van der Waals surface area contributed by atoms with Crippen LogP contribution in [0.5, 0.6) is 0 Å². The predicted octanol–water partition coefficient (Wildman–Crippen LogP) is 0.752. The molecule has 5 nitrogen and oxygen atoms in total. The number of nitrogens with one attached hydrogen (secondary N) is 1. The Morgan fingerprint density at radius 2 is 2.56 bits per heavy atom. The number of piperidine rings is 1. The number of hydrogen-bond acceptors (Lipinski definition) is 5. The van der Waals surface area contributed by atoms with Crippen molar-refractivity contribution >= 4 is 17.4 Å². The maximum absolute atomic E-state index is 12.1. The molecular formula is C10H16N4OS. The molecule has 1 aromatic rings. The zero-order chi connectivity index (χ0) is 11.4. The molecule has 2 heterocycles. The van der Waals surface area contributed by atoms with Gasteiger partial charge in [0.1, 0.15) is 0 Å². The number of carbonyl (C=O) groups is 1. The summed E-state index contributed by atoms with van der Waals surface area (Å²) in [6, 6.07) is 0.299. The number of nitrogens with zero attached hydrogens (tertiary/aromatic N) is 3. The first-order valence-electron chi connectivity index (χ1n) is 5.55. The van der Waals surface area contributed by atoms with Crippen LogP contribution in [0.3, 0.4) is 0 Å². The fraction of sp³-hybridized carbons (Fsp3) is 0.700. The largest absolute Gasteiger partial charge is 0.333 e. The summed E-state index contributed by atoms with van der Waals surface area (Å²) in [4.78, 5) is 14.1. The number of likely N-dealkylation sites (tertiary alicyclic amines) is 1. The predicted molar refractivity (Wildman–Crippen MR) is 62.5 cm³/mol. The van der Waals surface area contributed by atoms with Crippen molar-refractivity contribution in [2.24, 2.45) is 0 Å². The topological polar surface area (TPSA) is 58.1 Å². The molecule has 16 heavy (non-hydrogen) atoms. The van der Waals surface area contributed by atoms with Crippen LogP contribution in [0, 0.1) is 0 Å². The molecule has 0 spiro atoms. The number of rotatable bonds is 3. The van der Waals surface area contributed by atoms with Crippen molar-refractivity contribution in [1.29, 1.82) is 0 Å². The van der Waals surface area contributed by atoms with E-state index in [1.54, 1.807) is 5.38 Å². The monoisotopic (exact) mass is 240 g/mol. The molecular weight excluding hydrogens is 224 g/mol. The molecule has 0 bridgehead atoms. The summed E-state index contributed by atoms with van der Waals surface area (Å²) in [6.45, 7) is 1.69. The summed E-state index contributed by atoms with van der Waals surface area (Å²) in [7, 11) is 1.92. The van der Waals surface area contributed by atoms with E-state index in [2.05, 4.69) is 14.9 Å². The average molecular weight is 240 g/mol. The van der Waals surface area contributed by atoms with Gasteiger partial charge in [-0.05, 0) is 37.8 Å². The minimum atomic E-state index is 0.0219. The SMILES string of the molecule is CNCC1CCCCN1C(=O)c1csnn1. The van der Waals surface area contributed by atoms with Gasteiger partial charge >= 0.3 is 0 Å². The standard InChI is InChI=1S/C10H16N4OS/c1-11-6-8-4-2-3-5-14(8)10(15)9-7-16-13-12-9/h7-8,11H,2-6H2,1H3. The molecule has 0 saturated carbocycles. The highest BCUT2D eigenvalue weighted by molar-refractivity contribution is 7.03. The van der Waals surface area contributed by atoms with Gasteiger partial charge in [-0.1, -0.05) is 4.49 Å². The first kappa shape index (κ1) is 11.5. The van der Waals surface area contributed by atoms with Crippen LogP contribution in [0.15, 0.2) is 5.38 Å². The first-order chi connectivity index (χ1) is 7.83. The highest BCUT2D eigenvalue weighted by atomic mass is 32.1. The van der Waals surface area contributed by atoms with Gasteiger partial charge in [0.25, 0.3) is 5.91 Å². The van der Waals surface area contributed by atoms with E-state index in [-0.39, 0.29) is 5.91 Å². The third-order valence-corrected chi connectivity index (χ3v) is 3.41. The van der Waals surface area contributed by atoms with Crippen LogP contribution in [0.1, 0.15) is 29.8 Å². The minimum Gasteiger partial charge on any atom is -0.333 e. The van der Waals surface area contributed by atoms with Gasteiger partial charge in [0.05, 0.1) is 0 Å². The Morgan fingerprint density at radius 3 is 3.25 bits per heavy atom. The molecule has 6 heteroatoms. The van der Waals surface area contributed by atoms with Crippen molar-refractivity contribution in [3.63, 3.8) is 0 Å². The fourth-order valence-electron chi connectivity index (χ4n) is 2.12. The average Bonchev–Trinajstić information content (AvgIpc) is 2.83. The van der Waals surface area contributed by atoms with Gasteiger partial charge in [0.2, 0.25) is 0 Å². The van der Waals surface area contributed by atoms with Gasteiger partial charge in [-0.25, -0.2) is 0 Å². The minimum absolute atomic E-state index is 0.0219. The quantitative estimate of drug-likeness (QED) is 0.847. The van der Waals surface area contributed by atoms with E-state index in [4.69, 9.17) is 0 Å². The summed E-state index contributed by atoms with van der Waals surface area (Å²) in [5.74, 6) is 0.0219. The molecule has 2 rings (SSSR count). The lowest BCUT2D eigenvalue weighted by molar-refractivity contribution is 0.0609. The number of amides is 1. The van der Waals surface area contributed by atoms with Crippen molar-refractivity contribution in [3.8, 4) is 0 Å². The zero-order valence-corrected chi connectivity index (χ0v) is 10.2. The van der Waals surface area contributed by atoms with Crippen LogP contribution >= 0.6 is 11.5 Å². The van der Waals surface area contributed by atoms with E-state index < -0.39 is 0 Å². The number of carbonyl (C=O) groups excluding carboxylic acids is 1. The molecule has 1 amide bonds. The van der Waals surface area contributed by atoms with E-state index in [0.717, 1.165) is 25.9 Å². The third kappa shape index (κ3) is 2.38. The second-order valence-electron chi connectivity index (χ2n) is 4.00. The van der Waals surface area contributed by atoms with Crippen LogP contribution in [-0.2, 0) is 0 Å². The Bertz CT molecular complexity index is 339. The van der Waals surface area contributed by atoms with Crippen LogP contribution in [0.4, 0.5) is 0 Å². The van der Waals surface area contributed by atoms with Gasteiger partial charge in [-0.3, -0.25) is 4.79 Å². The van der Waals surface area contributed by atoms with Gasteiger partial charge < -0.3 is 10.2 Å². The lowest BCUT2D eigenvalue weighted by Crippen LogP contribution is -2.48. The molecule has 0 aliphatic carbocycles. The number of hydrogen-bond donors (Lipinski definition) is 1. The maximum Gasteiger partial charge on any atom is 0.275 e. The lowest BCUT2D eigenvalue weighted by Gasteiger charge is -2.35. The van der Waals surface area contributed by atoms with Crippen molar-refractivity contribution in [2.75, 3.05) is 20.1 Å². The van der Waals surface area contributed by atoms with Gasteiger partial charge in [-0.15, -0.1) is 5.10 Å². The summed E-state index contributed by atoms with van der Waals surface area (Å²) >= 11 is 1.22. The van der Waals surface area contributed by atoms with Crippen LogP contribution in [0.2, 0.25) is 0 Å². The van der Waals surface area contributed by atoms with Gasteiger partial charge in [0.15, 0.2) is 5.69 Å². The summed E-state index contributed by atoms with van der Waals surface area (Å²) < 4.78 is 3.74. The highest BCUT2D eigenvalue weighted by Gasteiger charge is 2.27. The summed E-state index contributed by atoms with van der Waals surface area (Å²) in [6.07, 6.45) is 3.36.